The Bertz CT molecular complexity index is 836. The Morgan fingerprint density at radius 1 is 1.07 bits per heavy atom. The van der Waals surface area contributed by atoms with E-state index in [4.69, 9.17) is 17.0 Å². The lowest BCUT2D eigenvalue weighted by molar-refractivity contribution is -0.123. The van der Waals surface area contributed by atoms with Crippen molar-refractivity contribution in [3.8, 4) is 5.75 Å². The number of aryl methyl sites for hydroxylation is 1. The van der Waals surface area contributed by atoms with E-state index in [0.717, 1.165) is 5.56 Å². The quantitative estimate of drug-likeness (QED) is 0.417. The van der Waals surface area contributed by atoms with Gasteiger partial charge in [-0.05, 0) is 55.0 Å². The van der Waals surface area contributed by atoms with Crippen molar-refractivity contribution in [2.75, 3.05) is 6.61 Å². The van der Waals surface area contributed by atoms with Crippen molar-refractivity contribution in [2.45, 2.75) is 6.92 Å². The van der Waals surface area contributed by atoms with Gasteiger partial charge in [-0.2, -0.15) is 0 Å². The second-order valence-electron chi connectivity index (χ2n) is 5.48. The van der Waals surface area contributed by atoms with Crippen LogP contribution in [0.4, 0.5) is 4.39 Å². The molecule has 2 aromatic rings. The molecule has 27 heavy (non-hydrogen) atoms. The van der Waals surface area contributed by atoms with Gasteiger partial charge in [0.15, 0.2) is 11.7 Å². The van der Waals surface area contributed by atoms with Crippen molar-refractivity contribution in [2.24, 2.45) is 0 Å². The summed E-state index contributed by atoms with van der Waals surface area (Å²) in [6.07, 6.45) is 2.74. The van der Waals surface area contributed by atoms with E-state index < -0.39 is 11.8 Å². The maximum absolute atomic E-state index is 12.8. The van der Waals surface area contributed by atoms with E-state index in [9.17, 15) is 14.0 Å². The standard InChI is InChI=1S/C19H18FN3O3S/c1-13-2-9-16(10-3-13)26-12-18(25)22-23-19(27)21-17(24)11-6-14-4-7-15(20)8-5-14/h2-11H,12H2,1H3,(H,22,25)(H2,21,23,24,27). The molecular formula is C19H18FN3O3S. The first kappa shape index (κ1) is 20.1. The molecular weight excluding hydrogens is 369 g/mol. The summed E-state index contributed by atoms with van der Waals surface area (Å²) in [6, 6.07) is 12.9. The molecule has 0 spiro atoms. The van der Waals surface area contributed by atoms with Crippen LogP contribution in [0.15, 0.2) is 54.6 Å². The third-order valence-corrected chi connectivity index (χ3v) is 3.44. The number of thiocarbonyl (C=S) groups is 1. The monoisotopic (exact) mass is 387 g/mol. The zero-order valence-corrected chi connectivity index (χ0v) is 15.3. The SMILES string of the molecule is Cc1ccc(OCC(=O)NNC(=S)NC(=O)C=Cc2ccc(F)cc2)cc1. The molecule has 0 aliphatic rings. The van der Waals surface area contributed by atoms with Gasteiger partial charge in [-0.3, -0.25) is 25.8 Å². The molecule has 0 heterocycles. The van der Waals surface area contributed by atoms with Gasteiger partial charge in [-0.1, -0.05) is 29.8 Å². The number of hydrogen-bond acceptors (Lipinski definition) is 4. The van der Waals surface area contributed by atoms with Gasteiger partial charge in [0.1, 0.15) is 11.6 Å². The molecule has 2 amide bonds. The Balaban J connectivity index is 1.68. The van der Waals surface area contributed by atoms with Gasteiger partial charge < -0.3 is 4.74 Å². The highest BCUT2D eigenvalue weighted by molar-refractivity contribution is 7.80. The zero-order chi connectivity index (χ0) is 19.6. The Morgan fingerprint density at radius 2 is 1.74 bits per heavy atom. The van der Waals surface area contributed by atoms with Gasteiger partial charge in [0, 0.05) is 6.08 Å². The van der Waals surface area contributed by atoms with Crippen LogP contribution in [0.1, 0.15) is 11.1 Å². The van der Waals surface area contributed by atoms with E-state index in [1.54, 1.807) is 12.1 Å². The Morgan fingerprint density at radius 3 is 2.41 bits per heavy atom. The molecule has 140 valence electrons. The highest BCUT2D eigenvalue weighted by Gasteiger charge is 2.05. The summed E-state index contributed by atoms with van der Waals surface area (Å²) in [5.74, 6) is -0.752. The first-order valence-corrected chi connectivity index (χ1v) is 8.36. The third-order valence-electron chi connectivity index (χ3n) is 3.24. The van der Waals surface area contributed by atoms with Crippen LogP contribution in [-0.2, 0) is 9.59 Å². The Labute approximate surface area is 161 Å². The average molecular weight is 387 g/mol. The van der Waals surface area contributed by atoms with E-state index in [1.807, 2.05) is 19.1 Å². The minimum Gasteiger partial charge on any atom is -0.484 e. The van der Waals surface area contributed by atoms with Crippen LogP contribution in [0.2, 0.25) is 0 Å². The lowest BCUT2D eigenvalue weighted by Gasteiger charge is -2.10. The number of carbonyl (C=O) groups excluding carboxylic acids is 2. The van der Waals surface area contributed by atoms with Crippen molar-refractivity contribution in [3.05, 3.63) is 71.6 Å². The number of nitrogens with one attached hydrogen (secondary N) is 3. The van der Waals surface area contributed by atoms with Crippen molar-refractivity contribution in [1.82, 2.24) is 16.2 Å². The van der Waals surface area contributed by atoms with Gasteiger partial charge in [0.05, 0.1) is 0 Å². The smallest absolute Gasteiger partial charge is 0.276 e. The fourth-order valence-electron chi connectivity index (χ4n) is 1.88. The lowest BCUT2D eigenvalue weighted by Crippen LogP contribution is -2.49. The number of carbonyl (C=O) groups is 2. The van der Waals surface area contributed by atoms with E-state index in [1.165, 1.54) is 36.4 Å². The van der Waals surface area contributed by atoms with Gasteiger partial charge in [-0.15, -0.1) is 0 Å². The van der Waals surface area contributed by atoms with Crippen LogP contribution in [0.5, 0.6) is 5.75 Å². The predicted octanol–water partition coefficient (Wildman–Crippen LogP) is 2.25. The van der Waals surface area contributed by atoms with E-state index in [0.29, 0.717) is 11.3 Å². The van der Waals surface area contributed by atoms with Gasteiger partial charge in [0.2, 0.25) is 5.91 Å². The van der Waals surface area contributed by atoms with Crippen molar-refractivity contribution >= 4 is 35.2 Å². The van der Waals surface area contributed by atoms with Crippen molar-refractivity contribution < 1.29 is 18.7 Å². The number of amides is 2. The molecule has 8 heteroatoms. The van der Waals surface area contributed by atoms with Crippen molar-refractivity contribution in [1.29, 1.82) is 0 Å². The molecule has 6 nitrogen and oxygen atoms in total. The molecule has 0 atom stereocenters. The highest BCUT2D eigenvalue weighted by Crippen LogP contribution is 2.10. The van der Waals surface area contributed by atoms with E-state index in [2.05, 4.69) is 16.2 Å². The minimum absolute atomic E-state index is 0.0764. The fourth-order valence-corrected chi connectivity index (χ4v) is 2.03. The Kier molecular flexibility index (Phi) is 7.45. The number of halogens is 1. The molecule has 2 aromatic carbocycles. The molecule has 0 aliphatic heterocycles. The van der Waals surface area contributed by atoms with Crippen LogP contribution >= 0.6 is 12.2 Å². The molecule has 0 unspecified atom stereocenters. The minimum atomic E-state index is -0.498. The van der Waals surface area contributed by atoms with Crippen LogP contribution in [0.3, 0.4) is 0 Å². The first-order chi connectivity index (χ1) is 12.9. The summed E-state index contributed by atoms with van der Waals surface area (Å²) < 4.78 is 18.1. The van der Waals surface area contributed by atoms with Crippen LogP contribution in [0.25, 0.3) is 6.08 Å². The molecule has 0 fully saturated rings. The first-order valence-electron chi connectivity index (χ1n) is 7.95. The second-order valence-corrected chi connectivity index (χ2v) is 5.89. The summed E-state index contributed by atoms with van der Waals surface area (Å²) in [6.45, 7) is 1.74. The Hall–Kier alpha value is -3.26. The normalized spacial score (nSPS) is 10.3. The molecule has 0 radical (unpaired) electrons. The average Bonchev–Trinajstić information content (AvgIpc) is 2.65. The van der Waals surface area contributed by atoms with Crippen LogP contribution < -0.4 is 20.9 Å². The molecule has 2 rings (SSSR count). The van der Waals surface area contributed by atoms with Gasteiger partial charge in [0.25, 0.3) is 5.91 Å². The maximum atomic E-state index is 12.8. The third kappa shape index (κ3) is 7.66. The van der Waals surface area contributed by atoms with E-state index >= 15 is 0 Å². The fraction of sp³-hybridized carbons (Fsp3) is 0.105. The van der Waals surface area contributed by atoms with E-state index in [-0.39, 0.29) is 17.5 Å². The lowest BCUT2D eigenvalue weighted by atomic mass is 10.2. The molecule has 0 aliphatic carbocycles. The maximum Gasteiger partial charge on any atom is 0.276 e. The summed E-state index contributed by atoms with van der Waals surface area (Å²) in [5, 5.41) is 2.29. The van der Waals surface area contributed by atoms with Gasteiger partial charge >= 0.3 is 0 Å². The highest BCUT2D eigenvalue weighted by atomic mass is 32.1. The zero-order valence-electron chi connectivity index (χ0n) is 14.5. The molecule has 0 saturated carbocycles. The molecule has 0 bridgehead atoms. The number of rotatable bonds is 5. The van der Waals surface area contributed by atoms with Gasteiger partial charge in [-0.25, -0.2) is 4.39 Å². The topological polar surface area (TPSA) is 79.5 Å². The second kappa shape index (κ2) is 10.0. The number of benzene rings is 2. The molecule has 3 N–H and O–H groups in total. The summed E-state index contributed by atoms with van der Waals surface area (Å²) in [7, 11) is 0. The number of hydrazine groups is 1. The molecule has 0 aromatic heterocycles. The number of ether oxygens (including phenoxy) is 1. The summed E-state index contributed by atoms with van der Waals surface area (Å²) in [5.41, 5.74) is 6.46. The van der Waals surface area contributed by atoms with Crippen LogP contribution in [0, 0.1) is 12.7 Å². The largest absolute Gasteiger partial charge is 0.484 e. The summed E-state index contributed by atoms with van der Waals surface area (Å²) >= 11 is 4.91. The summed E-state index contributed by atoms with van der Waals surface area (Å²) in [4.78, 5) is 23.4. The predicted molar refractivity (Wildman–Crippen MR) is 104 cm³/mol. The molecule has 0 saturated heterocycles. The van der Waals surface area contributed by atoms with Crippen LogP contribution in [-0.4, -0.2) is 23.5 Å². The van der Waals surface area contributed by atoms with Crippen molar-refractivity contribution in [3.63, 3.8) is 0 Å². The number of hydrogen-bond donors (Lipinski definition) is 3.